The van der Waals surface area contributed by atoms with Crippen LogP contribution in [0.3, 0.4) is 0 Å². The Bertz CT molecular complexity index is 663. The van der Waals surface area contributed by atoms with Gasteiger partial charge in [0.25, 0.3) is 0 Å². The molecule has 0 bridgehead atoms. The molecule has 90 valence electrons. The number of hydrogen-bond donors (Lipinski definition) is 1. The third-order valence-electron chi connectivity index (χ3n) is 2.57. The number of rotatable bonds is 2. The van der Waals surface area contributed by atoms with Crippen LogP contribution in [0.15, 0.2) is 27.8 Å². The molecule has 0 aliphatic rings. The van der Waals surface area contributed by atoms with Gasteiger partial charge in [-0.3, -0.25) is 0 Å². The van der Waals surface area contributed by atoms with Crippen LogP contribution >= 0.6 is 0 Å². The van der Waals surface area contributed by atoms with Crippen LogP contribution in [0.4, 0.5) is 0 Å². The molecule has 0 spiro atoms. The number of methoxy groups -OCH3 is 1. The van der Waals surface area contributed by atoms with Crippen molar-refractivity contribution in [2.45, 2.75) is 6.92 Å². The lowest BCUT2D eigenvalue weighted by atomic mass is 10.2. The lowest BCUT2D eigenvalue weighted by Gasteiger charge is -2.08. The fourth-order valence-electron chi connectivity index (χ4n) is 1.59. The monoisotopic (exact) mass is 235 g/mol. The summed E-state index contributed by atoms with van der Waals surface area (Å²) >= 11 is 0. The molecule has 1 N–H and O–H groups in total. The highest BCUT2D eigenvalue weighted by Gasteiger charge is 2.11. The number of aromatic nitrogens is 3. The van der Waals surface area contributed by atoms with Crippen LogP contribution in [-0.4, -0.2) is 21.5 Å². The Morgan fingerprint density at radius 1 is 1.29 bits per heavy atom. The molecule has 0 unspecified atom stereocenters. The van der Waals surface area contributed by atoms with Gasteiger partial charge < -0.3 is 4.74 Å². The maximum absolute atomic E-state index is 11.8. The SMILES string of the molecule is COc1ccc(C)cc1-n1[nH]c(=O)n(C)c1=O. The molecule has 0 fully saturated rings. The number of H-pyrrole nitrogens is 1. The van der Waals surface area contributed by atoms with Gasteiger partial charge in [0.15, 0.2) is 0 Å². The van der Waals surface area contributed by atoms with Crippen molar-refractivity contribution < 1.29 is 4.74 Å². The van der Waals surface area contributed by atoms with Gasteiger partial charge >= 0.3 is 11.4 Å². The van der Waals surface area contributed by atoms with Gasteiger partial charge in [-0.05, 0) is 24.6 Å². The van der Waals surface area contributed by atoms with E-state index >= 15 is 0 Å². The van der Waals surface area contributed by atoms with Gasteiger partial charge in [0.05, 0.1) is 7.11 Å². The Morgan fingerprint density at radius 3 is 2.53 bits per heavy atom. The molecule has 17 heavy (non-hydrogen) atoms. The Kier molecular flexibility index (Phi) is 2.63. The minimum atomic E-state index is -0.460. The molecule has 0 aliphatic carbocycles. The Hall–Kier alpha value is -2.24. The van der Waals surface area contributed by atoms with Crippen LogP contribution < -0.4 is 16.1 Å². The third kappa shape index (κ3) is 1.77. The highest BCUT2D eigenvalue weighted by Crippen LogP contribution is 2.21. The standard InChI is InChI=1S/C11H13N3O3/c1-7-4-5-9(17-3)8(6-7)14-11(16)13(2)10(15)12-14/h4-6H,1-3H3,(H,12,15). The van der Waals surface area contributed by atoms with Crippen molar-refractivity contribution in [3.63, 3.8) is 0 Å². The second-order valence-corrected chi connectivity index (χ2v) is 3.77. The fourth-order valence-corrected chi connectivity index (χ4v) is 1.59. The first kappa shape index (κ1) is 11.3. The predicted octanol–water partition coefficient (Wildman–Crippen LogP) is 0.181. The van der Waals surface area contributed by atoms with Crippen molar-refractivity contribution in [2.24, 2.45) is 7.05 Å². The van der Waals surface area contributed by atoms with Crippen LogP contribution in [0, 0.1) is 6.92 Å². The van der Waals surface area contributed by atoms with Gasteiger partial charge in [0, 0.05) is 7.05 Å². The zero-order valence-electron chi connectivity index (χ0n) is 9.85. The van der Waals surface area contributed by atoms with Gasteiger partial charge in [-0.1, -0.05) is 6.07 Å². The second kappa shape index (κ2) is 3.97. The van der Waals surface area contributed by atoms with E-state index in [4.69, 9.17) is 4.74 Å². The molecule has 1 heterocycles. The van der Waals surface area contributed by atoms with E-state index < -0.39 is 11.4 Å². The van der Waals surface area contributed by atoms with Gasteiger partial charge in [-0.2, -0.15) is 4.68 Å². The highest BCUT2D eigenvalue weighted by molar-refractivity contribution is 5.47. The van der Waals surface area contributed by atoms with E-state index in [0.29, 0.717) is 11.4 Å². The van der Waals surface area contributed by atoms with Crippen molar-refractivity contribution in [2.75, 3.05) is 7.11 Å². The molecule has 6 heteroatoms. The van der Waals surface area contributed by atoms with Crippen molar-refractivity contribution >= 4 is 0 Å². The van der Waals surface area contributed by atoms with E-state index in [-0.39, 0.29) is 0 Å². The summed E-state index contributed by atoms with van der Waals surface area (Å²) in [7, 11) is 2.93. The molecule has 0 aliphatic heterocycles. The van der Waals surface area contributed by atoms with Gasteiger partial charge in [-0.15, -0.1) is 0 Å². The van der Waals surface area contributed by atoms with Crippen molar-refractivity contribution in [3.05, 3.63) is 44.7 Å². The fraction of sp³-hybridized carbons (Fsp3) is 0.273. The summed E-state index contributed by atoms with van der Waals surface area (Å²) in [5.41, 5.74) is 0.602. The van der Waals surface area contributed by atoms with E-state index in [0.717, 1.165) is 10.1 Å². The highest BCUT2D eigenvalue weighted by atomic mass is 16.5. The minimum Gasteiger partial charge on any atom is -0.494 e. The molecule has 0 saturated carbocycles. The summed E-state index contributed by atoms with van der Waals surface area (Å²) in [6.45, 7) is 1.90. The van der Waals surface area contributed by atoms with E-state index in [9.17, 15) is 9.59 Å². The van der Waals surface area contributed by atoms with Crippen LogP contribution in [0.25, 0.3) is 5.69 Å². The first-order valence-electron chi connectivity index (χ1n) is 5.07. The minimum absolute atomic E-state index is 0.432. The summed E-state index contributed by atoms with van der Waals surface area (Å²) in [6, 6.07) is 5.40. The average molecular weight is 235 g/mol. The largest absolute Gasteiger partial charge is 0.494 e. The quantitative estimate of drug-likeness (QED) is 0.807. The summed E-state index contributed by atoms with van der Waals surface area (Å²) in [5.74, 6) is 0.527. The first-order valence-corrected chi connectivity index (χ1v) is 5.07. The van der Waals surface area contributed by atoms with Crippen LogP contribution in [0.5, 0.6) is 5.75 Å². The molecule has 2 rings (SSSR count). The maximum atomic E-state index is 11.8. The van der Waals surface area contributed by atoms with E-state index in [1.807, 2.05) is 13.0 Å². The Labute approximate surface area is 97.1 Å². The lowest BCUT2D eigenvalue weighted by molar-refractivity contribution is 0.411. The molecule has 0 amide bonds. The number of ether oxygens (including phenoxy) is 1. The topological polar surface area (TPSA) is 69.0 Å². The van der Waals surface area contributed by atoms with Gasteiger partial charge in [-0.25, -0.2) is 19.3 Å². The molecular weight excluding hydrogens is 222 g/mol. The lowest BCUT2D eigenvalue weighted by Crippen LogP contribution is -2.25. The van der Waals surface area contributed by atoms with Crippen molar-refractivity contribution in [3.8, 4) is 11.4 Å². The summed E-state index contributed by atoms with van der Waals surface area (Å²) in [5, 5.41) is 2.46. The molecule has 2 aromatic rings. The summed E-state index contributed by atoms with van der Waals surface area (Å²) in [6.07, 6.45) is 0. The zero-order chi connectivity index (χ0) is 12.6. The molecule has 1 aromatic heterocycles. The number of nitrogens with one attached hydrogen (secondary N) is 1. The van der Waals surface area contributed by atoms with E-state index in [1.54, 1.807) is 12.1 Å². The third-order valence-corrected chi connectivity index (χ3v) is 2.57. The molecular formula is C11H13N3O3. The smallest absolute Gasteiger partial charge is 0.351 e. The number of hydrogen-bond acceptors (Lipinski definition) is 3. The molecule has 6 nitrogen and oxygen atoms in total. The summed E-state index contributed by atoms with van der Waals surface area (Å²) < 4.78 is 7.34. The summed E-state index contributed by atoms with van der Waals surface area (Å²) in [4.78, 5) is 23.2. The Balaban J connectivity index is 2.76. The van der Waals surface area contributed by atoms with Crippen LogP contribution in [0.1, 0.15) is 5.56 Å². The zero-order valence-corrected chi connectivity index (χ0v) is 9.85. The first-order chi connectivity index (χ1) is 8.04. The average Bonchev–Trinajstić information content (AvgIpc) is 2.57. The normalized spacial score (nSPS) is 10.5. The van der Waals surface area contributed by atoms with E-state index in [1.165, 1.54) is 18.8 Å². The van der Waals surface area contributed by atoms with Crippen molar-refractivity contribution in [1.29, 1.82) is 0 Å². The molecule has 0 saturated heterocycles. The predicted molar refractivity (Wildman–Crippen MR) is 62.9 cm³/mol. The number of benzene rings is 1. The molecule has 0 radical (unpaired) electrons. The van der Waals surface area contributed by atoms with E-state index in [2.05, 4.69) is 5.10 Å². The Morgan fingerprint density at radius 2 is 2.00 bits per heavy atom. The van der Waals surface area contributed by atoms with Gasteiger partial charge in [0.1, 0.15) is 11.4 Å². The number of aromatic amines is 1. The maximum Gasteiger partial charge on any atom is 0.351 e. The molecule has 1 aromatic carbocycles. The van der Waals surface area contributed by atoms with Crippen LogP contribution in [0.2, 0.25) is 0 Å². The van der Waals surface area contributed by atoms with Crippen molar-refractivity contribution in [1.82, 2.24) is 14.3 Å². The second-order valence-electron chi connectivity index (χ2n) is 3.77. The molecule has 0 atom stereocenters. The van der Waals surface area contributed by atoms with Gasteiger partial charge in [0.2, 0.25) is 0 Å². The number of aryl methyl sites for hydroxylation is 1. The van der Waals surface area contributed by atoms with Crippen LogP contribution in [-0.2, 0) is 7.05 Å². The number of nitrogens with zero attached hydrogens (tertiary/aromatic N) is 2.